The smallest absolute Gasteiger partial charge is 0.317 e. The van der Waals surface area contributed by atoms with Crippen LogP contribution in [0.2, 0.25) is 0 Å². The molecule has 1 aliphatic heterocycles. The number of hydroxylamine groups is 1. The van der Waals surface area contributed by atoms with Gasteiger partial charge in [-0.1, -0.05) is 73.5 Å². The number of amides is 3. The molecule has 1 saturated heterocycles. The van der Waals surface area contributed by atoms with Crippen LogP contribution in [0.5, 0.6) is 0 Å². The minimum absolute atomic E-state index is 0.00437. The van der Waals surface area contributed by atoms with E-state index in [1.807, 2.05) is 17.0 Å². The number of carbonyl (C=O) groups excluding carboxylic acids is 2. The molecule has 0 saturated carbocycles. The van der Waals surface area contributed by atoms with Gasteiger partial charge in [0.25, 0.3) is 0 Å². The lowest BCUT2D eigenvalue weighted by Crippen LogP contribution is -2.61. The minimum atomic E-state index is -0.350. The number of urea groups is 1. The van der Waals surface area contributed by atoms with Crippen molar-refractivity contribution in [2.24, 2.45) is 0 Å². The second-order valence-electron chi connectivity index (χ2n) is 9.21. The van der Waals surface area contributed by atoms with Gasteiger partial charge in [0.05, 0.1) is 6.04 Å². The number of rotatable bonds is 10. The van der Waals surface area contributed by atoms with E-state index >= 15 is 0 Å². The van der Waals surface area contributed by atoms with Gasteiger partial charge in [-0.3, -0.25) is 14.9 Å². The molecule has 0 aliphatic carbocycles. The standard InChI is InChI=1S/C27H38N4O3/c1-21-19-30(26(23-13-7-5-8-14-23)24-15-9-6-10-16-24)20-22(2)31(21)27(33)28-18-12-4-3-11-17-25(32)29-34/h5-10,13-16,21-22,26,34H,3-4,11-12,17-20H2,1-2H3,(H,28,33)(H,29,32)/t21-,22+. The lowest BCUT2D eigenvalue weighted by molar-refractivity contribution is -0.129. The first-order valence-electron chi connectivity index (χ1n) is 12.3. The summed E-state index contributed by atoms with van der Waals surface area (Å²) in [4.78, 5) is 28.5. The van der Waals surface area contributed by atoms with Gasteiger partial charge in [0, 0.05) is 38.1 Å². The van der Waals surface area contributed by atoms with Crippen LogP contribution >= 0.6 is 0 Å². The number of piperazine rings is 1. The van der Waals surface area contributed by atoms with Crippen molar-refractivity contribution in [3.63, 3.8) is 0 Å². The van der Waals surface area contributed by atoms with Crippen molar-refractivity contribution in [1.82, 2.24) is 20.6 Å². The van der Waals surface area contributed by atoms with Gasteiger partial charge in [-0.15, -0.1) is 0 Å². The maximum absolute atomic E-state index is 13.0. The Kier molecular flexibility index (Phi) is 9.91. The molecule has 2 aromatic carbocycles. The maximum Gasteiger partial charge on any atom is 0.317 e. The molecule has 3 rings (SSSR count). The molecular formula is C27H38N4O3. The summed E-state index contributed by atoms with van der Waals surface area (Å²) in [7, 11) is 0. The Morgan fingerprint density at radius 3 is 1.94 bits per heavy atom. The van der Waals surface area contributed by atoms with E-state index in [-0.39, 0.29) is 30.1 Å². The molecule has 1 aliphatic rings. The summed E-state index contributed by atoms with van der Waals surface area (Å²) in [6.45, 7) is 6.49. The monoisotopic (exact) mass is 466 g/mol. The topological polar surface area (TPSA) is 84.9 Å². The second-order valence-corrected chi connectivity index (χ2v) is 9.21. The molecule has 1 heterocycles. The number of hydrogen-bond donors (Lipinski definition) is 3. The predicted octanol–water partition coefficient (Wildman–Crippen LogP) is 4.34. The molecule has 7 nitrogen and oxygen atoms in total. The number of nitrogens with one attached hydrogen (secondary N) is 2. The largest absolute Gasteiger partial charge is 0.338 e. The van der Waals surface area contributed by atoms with Crippen LogP contribution in [0.15, 0.2) is 60.7 Å². The van der Waals surface area contributed by atoms with Gasteiger partial charge >= 0.3 is 6.03 Å². The van der Waals surface area contributed by atoms with E-state index in [9.17, 15) is 9.59 Å². The quantitative estimate of drug-likeness (QED) is 0.276. The molecule has 0 bridgehead atoms. The van der Waals surface area contributed by atoms with Crippen LogP contribution in [0.3, 0.4) is 0 Å². The minimum Gasteiger partial charge on any atom is -0.338 e. The fraction of sp³-hybridized carbons (Fsp3) is 0.481. The first-order chi connectivity index (χ1) is 16.5. The SMILES string of the molecule is C[C@@H]1CN(C(c2ccccc2)c2ccccc2)C[C@H](C)N1C(=O)NCCCCCCC(=O)NO. The van der Waals surface area contributed by atoms with Crippen molar-refractivity contribution < 1.29 is 14.8 Å². The molecule has 184 valence electrons. The van der Waals surface area contributed by atoms with Crippen LogP contribution < -0.4 is 10.8 Å². The van der Waals surface area contributed by atoms with Gasteiger partial charge in [0.15, 0.2) is 0 Å². The molecule has 3 N–H and O–H groups in total. The van der Waals surface area contributed by atoms with Gasteiger partial charge < -0.3 is 10.2 Å². The van der Waals surface area contributed by atoms with Gasteiger partial charge in [0.1, 0.15) is 0 Å². The second kappa shape index (κ2) is 13.1. The van der Waals surface area contributed by atoms with Crippen LogP contribution in [0.25, 0.3) is 0 Å². The molecule has 34 heavy (non-hydrogen) atoms. The third-order valence-electron chi connectivity index (χ3n) is 6.51. The summed E-state index contributed by atoms with van der Waals surface area (Å²) in [5.74, 6) is -0.350. The maximum atomic E-state index is 13.0. The lowest BCUT2D eigenvalue weighted by atomic mass is 9.94. The normalized spacial score (nSPS) is 18.6. The summed E-state index contributed by atoms with van der Waals surface area (Å²) in [6, 6.07) is 21.5. The average molecular weight is 467 g/mol. The fourth-order valence-corrected chi connectivity index (χ4v) is 4.97. The highest BCUT2D eigenvalue weighted by molar-refractivity contribution is 5.75. The Balaban J connectivity index is 1.54. The van der Waals surface area contributed by atoms with Crippen molar-refractivity contribution in [3.8, 4) is 0 Å². The molecule has 7 heteroatoms. The highest BCUT2D eigenvalue weighted by atomic mass is 16.5. The molecule has 2 aromatic rings. The zero-order valence-electron chi connectivity index (χ0n) is 20.3. The van der Waals surface area contributed by atoms with Crippen LogP contribution in [-0.2, 0) is 4.79 Å². The highest BCUT2D eigenvalue weighted by Crippen LogP contribution is 2.32. The summed E-state index contributed by atoms with van der Waals surface area (Å²) >= 11 is 0. The zero-order valence-corrected chi connectivity index (χ0v) is 20.3. The highest BCUT2D eigenvalue weighted by Gasteiger charge is 2.36. The first kappa shape index (κ1) is 25.7. The van der Waals surface area contributed by atoms with E-state index in [4.69, 9.17) is 5.21 Å². The molecule has 1 fully saturated rings. The van der Waals surface area contributed by atoms with E-state index < -0.39 is 0 Å². The van der Waals surface area contributed by atoms with Gasteiger partial charge in [-0.25, -0.2) is 10.3 Å². The van der Waals surface area contributed by atoms with Crippen molar-refractivity contribution in [3.05, 3.63) is 71.8 Å². The van der Waals surface area contributed by atoms with Crippen LogP contribution in [0, 0.1) is 0 Å². The predicted molar refractivity (Wildman–Crippen MR) is 133 cm³/mol. The van der Waals surface area contributed by atoms with E-state index in [0.717, 1.165) is 38.8 Å². The average Bonchev–Trinajstić information content (AvgIpc) is 2.84. The lowest BCUT2D eigenvalue weighted by Gasteiger charge is -2.47. The third kappa shape index (κ3) is 7.05. The molecule has 3 amide bonds. The Hall–Kier alpha value is -2.90. The molecule has 0 unspecified atom stereocenters. The molecular weight excluding hydrogens is 428 g/mol. The Morgan fingerprint density at radius 2 is 1.41 bits per heavy atom. The van der Waals surface area contributed by atoms with Crippen molar-refractivity contribution >= 4 is 11.9 Å². The van der Waals surface area contributed by atoms with Crippen molar-refractivity contribution in [2.45, 2.75) is 64.1 Å². The van der Waals surface area contributed by atoms with Crippen LogP contribution in [-0.4, -0.2) is 58.7 Å². The Bertz CT molecular complexity index is 842. The van der Waals surface area contributed by atoms with Crippen LogP contribution in [0.4, 0.5) is 4.79 Å². The number of carbonyl (C=O) groups is 2. The summed E-state index contributed by atoms with van der Waals surface area (Å²) < 4.78 is 0. The first-order valence-corrected chi connectivity index (χ1v) is 12.3. The molecule has 0 spiro atoms. The molecule has 0 aromatic heterocycles. The van der Waals surface area contributed by atoms with E-state index in [1.165, 1.54) is 11.1 Å². The number of nitrogens with zero attached hydrogens (tertiary/aromatic N) is 2. The fourth-order valence-electron chi connectivity index (χ4n) is 4.97. The zero-order chi connectivity index (χ0) is 24.3. The molecule has 0 radical (unpaired) electrons. The Labute approximate surface area is 203 Å². The van der Waals surface area contributed by atoms with Gasteiger partial charge in [-0.2, -0.15) is 0 Å². The third-order valence-corrected chi connectivity index (χ3v) is 6.51. The Morgan fingerprint density at radius 1 is 0.882 bits per heavy atom. The van der Waals surface area contributed by atoms with E-state index in [2.05, 4.69) is 72.6 Å². The number of unbranched alkanes of at least 4 members (excludes halogenated alkanes) is 3. The van der Waals surface area contributed by atoms with Gasteiger partial charge in [-0.05, 0) is 37.8 Å². The van der Waals surface area contributed by atoms with E-state index in [0.29, 0.717) is 13.0 Å². The molecule has 2 atom stereocenters. The summed E-state index contributed by atoms with van der Waals surface area (Å²) in [6.07, 6.45) is 3.78. The summed E-state index contributed by atoms with van der Waals surface area (Å²) in [5, 5.41) is 11.6. The van der Waals surface area contributed by atoms with Gasteiger partial charge in [0.2, 0.25) is 5.91 Å². The van der Waals surface area contributed by atoms with Crippen molar-refractivity contribution in [2.75, 3.05) is 19.6 Å². The van der Waals surface area contributed by atoms with Crippen molar-refractivity contribution in [1.29, 1.82) is 0 Å². The number of hydrogen-bond acceptors (Lipinski definition) is 4. The van der Waals surface area contributed by atoms with E-state index in [1.54, 1.807) is 5.48 Å². The van der Waals surface area contributed by atoms with Crippen LogP contribution in [0.1, 0.15) is 63.1 Å². The number of benzene rings is 2. The summed E-state index contributed by atoms with van der Waals surface area (Å²) in [5.41, 5.74) is 4.18.